The Bertz CT molecular complexity index is 1610. The molecule has 2 amide bonds. The number of carboxylic acid groups (broad SMARTS) is 1. The molecule has 2 aliphatic heterocycles. The Morgan fingerprint density at radius 1 is 1.07 bits per heavy atom. The number of aromatic amines is 2. The number of carbonyl (C=O) groups is 2. The van der Waals surface area contributed by atoms with Crippen LogP contribution in [0.25, 0.3) is 11.3 Å². The quantitative estimate of drug-likeness (QED) is 0.156. The van der Waals surface area contributed by atoms with Crippen LogP contribution in [0.3, 0.4) is 0 Å². The van der Waals surface area contributed by atoms with Crippen LogP contribution in [0.1, 0.15) is 106 Å². The van der Waals surface area contributed by atoms with Crippen molar-refractivity contribution in [2.24, 2.45) is 5.92 Å². The Hall–Kier alpha value is -4.54. The van der Waals surface area contributed by atoms with Crippen molar-refractivity contribution in [2.45, 2.75) is 90.3 Å². The molecule has 3 aromatic rings. The monoisotopic (exact) mass is 609 g/mol. The molecule has 2 fully saturated rings. The molecule has 10 heteroatoms. The van der Waals surface area contributed by atoms with E-state index in [0.29, 0.717) is 12.4 Å². The molecular formula is C35H43N7O3. The number of H-pyrrole nitrogens is 2. The number of aromatic nitrogens is 4. The first kappa shape index (κ1) is 31.9. The summed E-state index contributed by atoms with van der Waals surface area (Å²) >= 11 is 0. The smallest absolute Gasteiger partial charge is 0.405 e. The largest absolute Gasteiger partial charge is 0.465 e. The minimum atomic E-state index is -1.20. The zero-order valence-corrected chi connectivity index (χ0v) is 26.4. The molecule has 0 spiro atoms. The van der Waals surface area contributed by atoms with Crippen LogP contribution in [0.4, 0.5) is 4.79 Å². The third-order valence-electron chi connectivity index (χ3n) is 8.57. The van der Waals surface area contributed by atoms with E-state index in [9.17, 15) is 14.7 Å². The molecule has 1 aromatic carbocycles. The maximum absolute atomic E-state index is 13.4. The third kappa shape index (κ3) is 7.95. The Morgan fingerprint density at radius 2 is 1.89 bits per heavy atom. The van der Waals surface area contributed by atoms with Crippen LogP contribution >= 0.6 is 0 Å². The van der Waals surface area contributed by atoms with Gasteiger partial charge in [0.1, 0.15) is 23.4 Å². The third-order valence-corrected chi connectivity index (χ3v) is 8.57. The molecule has 2 saturated heterocycles. The summed E-state index contributed by atoms with van der Waals surface area (Å²) in [5.74, 6) is 13.6. The number of hydrogen-bond acceptors (Lipinski definition) is 5. The Kier molecular flexibility index (Phi) is 10.6. The number of carbonyl (C=O) groups excluding carboxylic acids is 1. The fourth-order valence-corrected chi connectivity index (χ4v) is 6.14. The highest BCUT2D eigenvalue weighted by Crippen LogP contribution is 2.33. The van der Waals surface area contributed by atoms with Crippen LogP contribution in [-0.4, -0.2) is 61.1 Å². The number of amides is 2. The molecule has 236 valence electrons. The second-order valence-electron chi connectivity index (χ2n) is 12.2. The van der Waals surface area contributed by atoms with Crippen molar-refractivity contribution < 1.29 is 14.7 Å². The number of benzene rings is 1. The van der Waals surface area contributed by atoms with Gasteiger partial charge in [0.15, 0.2) is 0 Å². The van der Waals surface area contributed by atoms with Crippen molar-refractivity contribution in [1.29, 1.82) is 0 Å². The highest BCUT2D eigenvalue weighted by molar-refractivity contribution is 5.86. The van der Waals surface area contributed by atoms with Crippen molar-refractivity contribution in [1.82, 2.24) is 35.5 Å². The summed E-state index contributed by atoms with van der Waals surface area (Å²) in [5, 5.41) is 15.1. The van der Waals surface area contributed by atoms with Crippen molar-refractivity contribution >= 4 is 12.0 Å². The van der Waals surface area contributed by atoms with Crippen molar-refractivity contribution in [2.75, 3.05) is 13.1 Å². The second-order valence-corrected chi connectivity index (χ2v) is 12.2. The molecule has 2 unspecified atom stereocenters. The van der Waals surface area contributed by atoms with Crippen LogP contribution in [-0.2, 0) is 11.2 Å². The van der Waals surface area contributed by atoms with E-state index in [-0.39, 0.29) is 23.9 Å². The van der Waals surface area contributed by atoms with Gasteiger partial charge in [0.05, 0.1) is 30.2 Å². The average Bonchev–Trinajstić information content (AvgIpc) is 3.85. The van der Waals surface area contributed by atoms with E-state index in [0.717, 1.165) is 86.3 Å². The number of nitrogens with zero attached hydrogens (tertiary/aromatic N) is 3. The molecular weight excluding hydrogens is 566 g/mol. The Balaban J connectivity index is 1.33. The fraction of sp³-hybridized carbons (Fsp3) is 0.486. The van der Waals surface area contributed by atoms with E-state index >= 15 is 0 Å². The zero-order chi connectivity index (χ0) is 31.8. The molecule has 2 aliphatic rings. The van der Waals surface area contributed by atoms with E-state index in [2.05, 4.69) is 67.2 Å². The SMILES string of the molecule is CCCCCc1cc(-c2cnc(C3CCCN3C(=O)[C@@H](NC(=O)O)C(C)C)[nH]2)ccc1C#CC#Cc1cnc(C2CCCN2)[nH]1. The van der Waals surface area contributed by atoms with Gasteiger partial charge in [-0.05, 0) is 92.0 Å². The van der Waals surface area contributed by atoms with Crippen LogP contribution in [0.5, 0.6) is 0 Å². The first-order valence-corrected chi connectivity index (χ1v) is 16.1. The van der Waals surface area contributed by atoms with Crippen molar-refractivity contribution in [3.05, 3.63) is 59.1 Å². The van der Waals surface area contributed by atoms with Crippen LogP contribution in [0.15, 0.2) is 30.6 Å². The summed E-state index contributed by atoms with van der Waals surface area (Å²) in [6, 6.07) is 5.51. The van der Waals surface area contributed by atoms with E-state index < -0.39 is 12.1 Å². The Labute approximate surface area is 265 Å². The highest BCUT2D eigenvalue weighted by atomic mass is 16.4. The highest BCUT2D eigenvalue weighted by Gasteiger charge is 2.37. The number of hydrogen-bond donors (Lipinski definition) is 5. The molecule has 0 aliphatic carbocycles. The van der Waals surface area contributed by atoms with Gasteiger partial charge < -0.3 is 30.6 Å². The topological polar surface area (TPSA) is 139 Å². The molecule has 3 atom stereocenters. The van der Waals surface area contributed by atoms with E-state index in [4.69, 9.17) is 0 Å². The lowest BCUT2D eigenvalue weighted by Crippen LogP contribution is -2.50. The maximum atomic E-state index is 13.4. The molecule has 45 heavy (non-hydrogen) atoms. The summed E-state index contributed by atoms with van der Waals surface area (Å²) < 4.78 is 0. The predicted octanol–water partition coefficient (Wildman–Crippen LogP) is 5.32. The summed E-state index contributed by atoms with van der Waals surface area (Å²) in [6.45, 7) is 7.47. The molecule has 0 radical (unpaired) electrons. The lowest BCUT2D eigenvalue weighted by Gasteiger charge is -2.29. The number of likely N-dealkylation sites (tertiary alicyclic amines) is 1. The fourth-order valence-electron chi connectivity index (χ4n) is 6.14. The number of nitrogens with one attached hydrogen (secondary N) is 4. The average molecular weight is 610 g/mol. The molecule has 2 aromatic heterocycles. The molecule has 4 heterocycles. The summed E-state index contributed by atoms with van der Waals surface area (Å²) in [6.07, 6.45) is 10.5. The van der Waals surface area contributed by atoms with Crippen LogP contribution in [0, 0.1) is 29.6 Å². The van der Waals surface area contributed by atoms with Crippen molar-refractivity contribution in [3.63, 3.8) is 0 Å². The lowest BCUT2D eigenvalue weighted by molar-refractivity contribution is -0.135. The predicted molar refractivity (Wildman–Crippen MR) is 173 cm³/mol. The van der Waals surface area contributed by atoms with Crippen LogP contribution < -0.4 is 10.6 Å². The van der Waals surface area contributed by atoms with Crippen LogP contribution in [0.2, 0.25) is 0 Å². The van der Waals surface area contributed by atoms with Gasteiger partial charge >= 0.3 is 6.09 Å². The minimum Gasteiger partial charge on any atom is -0.465 e. The van der Waals surface area contributed by atoms with Gasteiger partial charge in [-0.3, -0.25) is 4.79 Å². The van der Waals surface area contributed by atoms with E-state index in [1.54, 1.807) is 11.1 Å². The van der Waals surface area contributed by atoms with Gasteiger partial charge in [0, 0.05) is 12.1 Å². The summed E-state index contributed by atoms with van der Waals surface area (Å²) in [4.78, 5) is 42.4. The Morgan fingerprint density at radius 3 is 2.64 bits per heavy atom. The van der Waals surface area contributed by atoms with Gasteiger partial charge in [0.25, 0.3) is 0 Å². The normalized spacial score (nSPS) is 18.3. The first-order valence-electron chi connectivity index (χ1n) is 16.1. The summed E-state index contributed by atoms with van der Waals surface area (Å²) in [5.41, 5.74) is 4.77. The zero-order valence-electron chi connectivity index (χ0n) is 26.4. The summed E-state index contributed by atoms with van der Waals surface area (Å²) in [7, 11) is 0. The first-order chi connectivity index (χ1) is 21.8. The number of unbranched alkanes of at least 4 members (excludes halogenated alkanes) is 2. The molecule has 10 nitrogen and oxygen atoms in total. The van der Waals surface area contributed by atoms with Gasteiger partial charge in [-0.25, -0.2) is 14.8 Å². The molecule has 5 N–H and O–H groups in total. The van der Waals surface area contributed by atoms with Crippen molar-refractivity contribution in [3.8, 4) is 34.9 Å². The van der Waals surface area contributed by atoms with Gasteiger partial charge in [-0.2, -0.15) is 0 Å². The van der Waals surface area contributed by atoms with E-state index in [1.165, 1.54) is 5.56 Å². The van der Waals surface area contributed by atoms with E-state index in [1.807, 2.05) is 32.2 Å². The molecule has 0 saturated carbocycles. The molecule has 0 bridgehead atoms. The number of rotatable bonds is 10. The lowest BCUT2D eigenvalue weighted by atomic mass is 9.98. The number of imidazole rings is 2. The second kappa shape index (κ2) is 15.0. The van der Waals surface area contributed by atoms with Gasteiger partial charge in [0.2, 0.25) is 5.91 Å². The number of aryl methyl sites for hydroxylation is 1. The minimum absolute atomic E-state index is 0.168. The standard InChI is InChI=1S/C35H43N7O3/c1-4-5-6-12-25-20-26(17-16-24(25)11-7-8-13-27-21-37-32(39-27)28-14-9-18-36-28)29-22-38-33(40-29)30-15-10-19-42(30)34(43)31(23(2)3)41-35(44)45/h16-17,20-23,28,30-31,36,41H,4-6,9-10,12,14-15,18-19H2,1-3H3,(H,37,39)(H,38,40)(H,44,45)/t28?,30?,31-/m0/s1. The molecule has 5 rings (SSSR count). The van der Waals surface area contributed by atoms with Gasteiger partial charge in [-0.15, -0.1) is 0 Å². The van der Waals surface area contributed by atoms with Gasteiger partial charge in [-0.1, -0.05) is 45.6 Å². The maximum Gasteiger partial charge on any atom is 0.405 e.